The lowest BCUT2D eigenvalue weighted by Gasteiger charge is -2.40. The van der Waals surface area contributed by atoms with Crippen LogP contribution in [0.15, 0.2) is 30.4 Å². The van der Waals surface area contributed by atoms with Gasteiger partial charge >= 0.3 is 0 Å². The highest BCUT2D eigenvalue weighted by Crippen LogP contribution is 2.56. The minimum absolute atomic E-state index is 0.0756. The van der Waals surface area contributed by atoms with Gasteiger partial charge in [0, 0.05) is 11.8 Å². The second kappa shape index (κ2) is 4.09. The standard InChI is InChI=1S/C20H24O/c1-19(2,3)17-6-4-5-14-10-18(21)20(12-16(14)17)11-13-7-8-15(20)9-13/h4-8,13,15H,9-12H2,1-3H3. The highest BCUT2D eigenvalue weighted by molar-refractivity contribution is 5.90. The molecule has 1 aromatic rings. The van der Waals surface area contributed by atoms with Crippen molar-refractivity contribution >= 4 is 5.78 Å². The van der Waals surface area contributed by atoms with E-state index in [4.69, 9.17) is 0 Å². The maximum absolute atomic E-state index is 12.9. The van der Waals surface area contributed by atoms with Crippen LogP contribution in [0.1, 0.15) is 50.3 Å². The maximum atomic E-state index is 12.9. The fourth-order valence-corrected chi connectivity index (χ4v) is 4.95. The number of Topliss-reactive ketones (excluding diaryl/α,β-unsaturated/α-hetero) is 1. The number of benzene rings is 1. The Kier molecular flexibility index (Phi) is 2.59. The van der Waals surface area contributed by atoms with Crippen molar-refractivity contribution < 1.29 is 4.79 Å². The van der Waals surface area contributed by atoms with Crippen molar-refractivity contribution in [3.63, 3.8) is 0 Å². The van der Waals surface area contributed by atoms with E-state index in [-0.39, 0.29) is 10.8 Å². The van der Waals surface area contributed by atoms with Crippen molar-refractivity contribution in [1.82, 2.24) is 0 Å². The molecule has 3 aliphatic rings. The fraction of sp³-hybridized carbons (Fsp3) is 0.550. The van der Waals surface area contributed by atoms with Crippen LogP contribution in [0.5, 0.6) is 0 Å². The normalized spacial score (nSPS) is 33.8. The number of carbonyl (C=O) groups excluding carboxylic acids is 1. The van der Waals surface area contributed by atoms with E-state index in [0.29, 0.717) is 24.0 Å². The summed E-state index contributed by atoms with van der Waals surface area (Å²) in [6, 6.07) is 6.56. The zero-order valence-corrected chi connectivity index (χ0v) is 13.3. The molecule has 1 nitrogen and oxygen atoms in total. The monoisotopic (exact) mass is 280 g/mol. The molecule has 3 unspecified atom stereocenters. The Morgan fingerprint density at radius 2 is 2.00 bits per heavy atom. The number of hydrogen-bond donors (Lipinski definition) is 0. The molecule has 1 aromatic carbocycles. The van der Waals surface area contributed by atoms with Gasteiger partial charge in [-0.2, -0.15) is 0 Å². The van der Waals surface area contributed by atoms with Gasteiger partial charge in [0.1, 0.15) is 5.78 Å². The third-order valence-corrected chi connectivity index (χ3v) is 5.99. The van der Waals surface area contributed by atoms with Crippen LogP contribution in [0.3, 0.4) is 0 Å². The summed E-state index contributed by atoms with van der Waals surface area (Å²) in [4.78, 5) is 12.9. The Morgan fingerprint density at radius 1 is 1.19 bits per heavy atom. The summed E-state index contributed by atoms with van der Waals surface area (Å²) >= 11 is 0. The average molecular weight is 280 g/mol. The molecule has 2 bridgehead atoms. The lowest BCUT2D eigenvalue weighted by atomic mass is 9.62. The Hall–Kier alpha value is -1.37. The number of rotatable bonds is 0. The van der Waals surface area contributed by atoms with Crippen molar-refractivity contribution in [2.45, 2.75) is 51.9 Å². The van der Waals surface area contributed by atoms with Gasteiger partial charge < -0.3 is 0 Å². The lowest BCUT2D eigenvalue weighted by Crippen LogP contribution is -2.42. The molecule has 0 N–H and O–H groups in total. The van der Waals surface area contributed by atoms with Crippen molar-refractivity contribution in [3.8, 4) is 0 Å². The highest BCUT2D eigenvalue weighted by atomic mass is 16.1. The Bertz CT molecular complexity index is 646. The molecule has 0 heterocycles. The molecule has 0 saturated heterocycles. The summed E-state index contributed by atoms with van der Waals surface area (Å²) in [5, 5.41) is 0. The minimum Gasteiger partial charge on any atom is -0.299 e. The molecule has 1 spiro atoms. The van der Waals surface area contributed by atoms with Gasteiger partial charge in [0.15, 0.2) is 0 Å². The zero-order chi connectivity index (χ0) is 14.8. The van der Waals surface area contributed by atoms with Crippen LogP contribution in [0.4, 0.5) is 0 Å². The Labute approximate surface area is 127 Å². The smallest absolute Gasteiger partial charge is 0.144 e. The van der Waals surface area contributed by atoms with Crippen molar-refractivity contribution in [3.05, 3.63) is 47.0 Å². The number of fused-ring (bicyclic) bond motifs is 4. The van der Waals surface area contributed by atoms with Crippen LogP contribution in [0.25, 0.3) is 0 Å². The van der Waals surface area contributed by atoms with E-state index in [2.05, 4.69) is 51.1 Å². The predicted molar refractivity (Wildman–Crippen MR) is 85.3 cm³/mol. The van der Waals surface area contributed by atoms with Crippen LogP contribution in [0.2, 0.25) is 0 Å². The SMILES string of the molecule is CC(C)(C)c1cccc2c1CC1(CC3C=CC1C3)C(=O)C2. The molecule has 4 rings (SSSR count). The average Bonchev–Trinajstić information content (AvgIpc) is 2.99. The third-order valence-electron chi connectivity index (χ3n) is 5.99. The van der Waals surface area contributed by atoms with E-state index in [1.54, 1.807) is 0 Å². The molecule has 0 aliphatic heterocycles. The van der Waals surface area contributed by atoms with Crippen LogP contribution < -0.4 is 0 Å². The molecule has 0 aromatic heterocycles. The molecule has 21 heavy (non-hydrogen) atoms. The van der Waals surface area contributed by atoms with E-state index in [0.717, 1.165) is 12.8 Å². The van der Waals surface area contributed by atoms with Crippen LogP contribution >= 0.6 is 0 Å². The van der Waals surface area contributed by atoms with Gasteiger partial charge in [0.05, 0.1) is 0 Å². The molecule has 3 atom stereocenters. The lowest BCUT2D eigenvalue weighted by molar-refractivity contribution is -0.130. The summed E-state index contributed by atoms with van der Waals surface area (Å²) in [7, 11) is 0. The van der Waals surface area contributed by atoms with Gasteiger partial charge in [-0.3, -0.25) is 4.79 Å². The second-order valence-corrected chi connectivity index (χ2v) is 8.32. The van der Waals surface area contributed by atoms with Crippen LogP contribution in [-0.4, -0.2) is 5.78 Å². The van der Waals surface area contributed by atoms with E-state index < -0.39 is 0 Å². The number of hydrogen-bond acceptors (Lipinski definition) is 1. The maximum Gasteiger partial charge on any atom is 0.144 e. The third kappa shape index (κ3) is 1.79. The first-order chi connectivity index (χ1) is 9.90. The molecule has 110 valence electrons. The van der Waals surface area contributed by atoms with E-state index in [1.165, 1.54) is 23.1 Å². The van der Waals surface area contributed by atoms with E-state index in [1.807, 2.05) is 0 Å². The summed E-state index contributed by atoms with van der Waals surface area (Å²) in [5.41, 5.74) is 4.28. The van der Waals surface area contributed by atoms with E-state index in [9.17, 15) is 4.79 Å². The van der Waals surface area contributed by atoms with E-state index >= 15 is 0 Å². The summed E-state index contributed by atoms with van der Waals surface area (Å²) in [6.07, 6.45) is 8.59. The molecule has 0 radical (unpaired) electrons. The summed E-state index contributed by atoms with van der Waals surface area (Å²) < 4.78 is 0. The first-order valence-corrected chi connectivity index (χ1v) is 8.23. The largest absolute Gasteiger partial charge is 0.299 e. The van der Waals surface area contributed by atoms with Gasteiger partial charge in [0.25, 0.3) is 0 Å². The summed E-state index contributed by atoms with van der Waals surface area (Å²) in [6.45, 7) is 6.85. The molecule has 1 fully saturated rings. The van der Waals surface area contributed by atoms with Crippen LogP contribution in [-0.2, 0) is 23.1 Å². The quantitative estimate of drug-likeness (QED) is 0.650. The number of ketones is 1. The van der Waals surface area contributed by atoms with Gasteiger partial charge in [-0.15, -0.1) is 0 Å². The minimum atomic E-state index is -0.0756. The molecular formula is C20H24O. The topological polar surface area (TPSA) is 17.1 Å². The van der Waals surface area contributed by atoms with Gasteiger partial charge in [-0.25, -0.2) is 0 Å². The second-order valence-electron chi connectivity index (χ2n) is 8.32. The molecule has 0 amide bonds. The number of allylic oxidation sites excluding steroid dienone is 2. The highest BCUT2D eigenvalue weighted by Gasteiger charge is 2.54. The van der Waals surface area contributed by atoms with Gasteiger partial charge in [-0.05, 0) is 53.2 Å². The molecule has 1 heteroatoms. The first-order valence-electron chi connectivity index (χ1n) is 8.23. The van der Waals surface area contributed by atoms with Crippen molar-refractivity contribution in [1.29, 1.82) is 0 Å². The molecule has 3 aliphatic carbocycles. The zero-order valence-electron chi connectivity index (χ0n) is 13.3. The van der Waals surface area contributed by atoms with Crippen molar-refractivity contribution in [2.24, 2.45) is 17.3 Å². The molecular weight excluding hydrogens is 256 g/mol. The van der Waals surface area contributed by atoms with Crippen LogP contribution in [0, 0.1) is 17.3 Å². The fourth-order valence-electron chi connectivity index (χ4n) is 4.95. The first kappa shape index (κ1) is 13.3. The van der Waals surface area contributed by atoms with Gasteiger partial charge in [0.2, 0.25) is 0 Å². The van der Waals surface area contributed by atoms with Crippen molar-refractivity contribution in [2.75, 3.05) is 0 Å². The Morgan fingerprint density at radius 3 is 2.62 bits per heavy atom. The molecule has 1 saturated carbocycles. The Balaban J connectivity index is 1.83. The van der Waals surface area contributed by atoms with Gasteiger partial charge in [-0.1, -0.05) is 51.1 Å². The summed E-state index contributed by atoms with van der Waals surface area (Å²) in [5.74, 6) is 1.65. The number of carbonyl (C=O) groups is 1. The predicted octanol–water partition coefficient (Wildman–Crippen LogP) is 4.23.